The van der Waals surface area contributed by atoms with Crippen molar-refractivity contribution >= 4 is 15.9 Å². The number of rotatable bonds is 6. The summed E-state index contributed by atoms with van der Waals surface area (Å²) in [6, 6.07) is 15.2. The maximum absolute atomic E-state index is 12.6. The highest BCUT2D eigenvalue weighted by Gasteiger charge is 2.20. The molecule has 5 heteroatoms. The highest BCUT2D eigenvalue weighted by atomic mass is 32.2. The number of aryl methyl sites for hydroxylation is 1. The van der Waals surface area contributed by atoms with Crippen LogP contribution in [0, 0.1) is 18.3 Å². The third-order valence-corrected chi connectivity index (χ3v) is 5.06. The molecule has 0 N–H and O–H groups in total. The Kier molecular flexibility index (Phi) is 5.78. The van der Waals surface area contributed by atoms with Gasteiger partial charge in [-0.05, 0) is 49.2 Å². The minimum Gasteiger partial charge on any atom is -0.494 e. The summed E-state index contributed by atoms with van der Waals surface area (Å²) in [5.41, 5.74) is 1.59. The standard InChI is InChI=1S/C19H19NO3S/c1-3-12-23-17-8-6-16(7-9-17)13-19(14-20)24(21,22)18-10-4-15(2)5-11-18/h4-11,13H,3,12H2,1-2H3/b19-13+. The molecule has 2 aromatic rings. The fourth-order valence-corrected chi connectivity index (χ4v) is 3.21. The van der Waals surface area contributed by atoms with E-state index in [4.69, 9.17) is 4.74 Å². The van der Waals surface area contributed by atoms with Gasteiger partial charge in [0.05, 0.1) is 11.5 Å². The van der Waals surface area contributed by atoms with Crippen molar-refractivity contribution in [2.45, 2.75) is 25.2 Å². The SMILES string of the molecule is CCCOc1ccc(/C=C(\C#N)S(=O)(=O)c2ccc(C)cc2)cc1. The average molecular weight is 341 g/mol. The topological polar surface area (TPSA) is 67.2 Å². The predicted octanol–water partition coefficient (Wildman–Crippen LogP) is 4.12. The van der Waals surface area contributed by atoms with Crippen molar-refractivity contribution in [3.8, 4) is 11.8 Å². The van der Waals surface area contributed by atoms with Gasteiger partial charge in [-0.3, -0.25) is 0 Å². The van der Waals surface area contributed by atoms with E-state index >= 15 is 0 Å². The number of nitrogens with zero attached hydrogens (tertiary/aromatic N) is 1. The maximum atomic E-state index is 12.6. The van der Waals surface area contributed by atoms with E-state index in [1.54, 1.807) is 42.5 Å². The van der Waals surface area contributed by atoms with Crippen molar-refractivity contribution in [2.75, 3.05) is 6.61 Å². The Balaban J connectivity index is 2.31. The lowest BCUT2D eigenvalue weighted by molar-refractivity contribution is 0.317. The second-order valence-electron chi connectivity index (χ2n) is 5.35. The van der Waals surface area contributed by atoms with Crippen LogP contribution in [-0.4, -0.2) is 15.0 Å². The summed E-state index contributed by atoms with van der Waals surface area (Å²) in [4.78, 5) is -0.169. The molecular formula is C19H19NO3S. The van der Waals surface area contributed by atoms with Crippen molar-refractivity contribution in [3.05, 3.63) is 64.6 Å². The Bertz CT molecular complexity index is 858. The van der Waals surface area contributed by atoms with E-state index in [1.165, 1.54) is 18.2 Å². The molecule has 2 aromatic carbocycles. The first kappa shape index (κ1) is 17.8. The van der Waals surface area contributed by atoms with E-state index in [-0.39, 0.29) is 9.80 Å². The van der Waals surface area contributed by atoms with Gasteiger partial charge in [-0.2, -0.15) is 5.26 Å². The van der Waals surface area contributed by atoms with Crippen LogP contribution in [0.4, 0.5) is 0 Å². The highest BCUT2D eigenvalue weighted by Crippen LogP contribution is 2.22. The minimum absolute atomic E-state index is 0.115. The number of allylic oxidation sites excluding steroid dienone is 1. The first-order chi connectivity index (χ1) is 11.5. The van der Waals surface area contributed by atoms with E-state index in [2.05, 4.69) is 0 Å². The van der Waals surface area contributed by atoms with Gasteiger partial charge in [0.2, 0.25) is 9.84 Å². The monoisotopic (exact) mass is 341 g/mol. The summed E-state index contributed by atoms with van der Waals surface area (Å²) in [6.07, 6.45) is 2.29. The third kappa shape index (κ3) is 4.24. The molecule has 0 spiro atoms. The summed E-state index contributed by atoms with van der Waals surface area (Å²) < 4.78 is 30.6. The Labute approximate surface area is 142 Å². The van der Waals surface area contributed by atoms with Crippen LogP contribution in [-0.2, 0) is 9.84 Å². The number of benzene rings is 2. The zero-order chi connectivity index (χ0) is 17.6. The second kappa shape index (κ2) is 7.80. The van der Waals surface area contributed by atoms with Gasteiger partial charge in [-0.1, -0.05) is 36.8 Å². The van der Waals surface area contributed by atoms with E-state index < -0.39 is 9.84 Å². The van der Waals surface area contributed by atoms with Crippen LogP contribution in [0.2, 0.25) is 0 Å². The molecule has 0 saturated heterocycles. The van der Waals surface area contributed by atoms with E-state index in [1.807, 2.05) is 13.8 Å². The third-order valence-electron chi connectivity index (χ3n) is 3.38. The molecule has 0 radical (unpaired) electrons. The van der Waals surface area contributed by atoms with Crippen molar-refractivity contribution in [3.63, 3.8) is 0 Å². The zero-order valence-corrected chi connectivity index (χ0v) is 14.5. The quantitative estimate of drug-likeness (QED) is 0.741. The van der Waals surface area contributed by atoms with E-state index in [0.29, 0.717) is 17.9 Å². The normalized spacial score (nSPS) is 11.8. The van der Waals surface area contributed by atoms with Crippen molar-refractivity contribution < 1.29 is 13.2 Å². The molecule has 4 nitrogen and oxygen atoms in total. The maximum Gasteiger partial charge on any atom is 0.216 e. The molecular weight excluding hydrogens is 322 g/mol. The molecule has 0 atom stereocenters. The summed E-state index contributed by atoms with van der Waals surface area (Å²) >= 11 is 0. The molecule has 24 heavy (non-hydrogen) atoms. The van der Waals surface area contributed by atoms with Crippen molar-refractivity contribution in [1.82, 2.24) is 0 Å². The number of sulfone groups is 1. The van der Waals surface area contributed by atoms with Crippen LogP contribution in [0.25, 0.3) is 6.08 Å². The van der Waals surface area contributed by atoms with Gasteiger partial charge in [0, 0.05) is 0 Å². The molecule has 0 unspecified atom stereocenters. The number of ether oxygens (including phenoxy) is 1. The summed E-state index contributed by atoms with van der Waals surface area (Å²) in [5, 5.41) is 9.29. The lowest BCUT2D eigenvalue weighted by Gasteiger charge is -2.05. The fourth-order valence-electron chi connectivity index (χ4n) is 2.05. The minimum atomic E-state index is -3.82. The van der Waals surface area contributed by atoms with Crippen LogP contribution in [0.3, 0.4) is 0 Å². The van der Waals surface area contributed by atoms with Crippen molar-refractivity contribution in [2.24, 2.45) is 0 Å². The molecule has 0 fully saturated rings. The van der Waals surface area contributed by atoms with Gasteiger partial charge in [0.15, 0.2) is 0 Å². The molecule has 0 amide bonds. The Morgan fingerprint density at radius 3 is 2.29 bits per heavy atom. The van der Waals surface area contributed by atoms with Gasteiger partial charge < -0.3 is 4.74 Å². The van der Waals surface area contributed by atoms with Crippen LogP contribution in [0.5, 0.6) is 5.75 Å². The lowest BCUT2D eigenvalue weighted by atomic mass is 10.2. The average Bonchev–Trinajstić information content (AvgIpc) is 2.59. The van der Waals surface area contributed by atoms with Crippen LogP contribution in [0.1, 0.15) is 24.5 Å². The predicted molar refractivity (Wildman–Crippen MR) is 94.2 cm³/mol. The smallest absolute Gasteiger partial charge is 0.216 e. The van der Waals surface area contributed by atoms with Crippen LogP contribution < -0.4 is 4.74 Å². The largest absolute Gasteiger partial charge is 0.494 e. The molecule has 0 aliphatic heterocycles. The molecule has 0 bridgehead atoms. The zero-order valence-electron chi connectivity index (χ0n) is 13.7. The van der Waals surface area contributed by atoms with E-state index in [9.17, 15) is 13.7 Å². The van der Waals surface area contributed by atoms with Gasteiger partial charge in [0.1, 0.15) is 16.7 Å². The lowest BCUT2D eigenvalue weighted by Crippen LogP contribution is -2.03. The fraction of sp³-hybridized carbons (Fsp3) is 0.211. The van der Waals surface area contributed by atoms with Gasteiger partial charge in [0.25, 0.3) is 0 Å². The van der Waals surface area contributed by atoms with Crippen LogP contribution in [0.15, 0.2) is 58.3 Å². The molecule has 0 saturated carbocycles. The molecule has 0 aromatic heterocycles. The van der Waals surface area contributed by atoms with Gasteiger partial charge in [-0.15, -0.1) is 0 Å². The molecule has 0 aliphatic carbocycles. The Hall–Kier alpha value is -2.58. The molecule has 0 aliphatic rings. The summed E-state index contributed by atoms with van der Waals surface area (Å²) in [6.45, 7) is 4.52. The first-order valence-electron chi connectivity index (χ1n) is 7.64. The van der Waals surface area contributed by atoms with Gasteiger partial charge in [-0.25, -0.2) is 8.42 Å². The highest BCUT2D eigenvalue weighted by molar-refractivity contribution is 7.95. The van der Waals surface area contributed by atoms with Crippen molar-refractivity contribution in [1.29, 1.82) is 5.26 Å². The molecule has 2 rings (SSSR count). The first-order valence-corrected chi connectivity index (χ1v) is 9.12. The molecule has 124 valence electrons. The Morgan fingerprint density at radius 2 is 1.75 bits per heavy atom. The van der Waals surface area contributed by atoms with Crippen LogP contribution >= 0.6 is 0 Å². The Morgan fingerprint density at radius 1 is 1.12 bits per heavy atom. The summed E-state index contributed by atoms with van der Waals surface area (Å²) in [5.74, 6) is 0.717. The van der Waals surface area contributed by atoms with Gasteiger partial charge >= 0.3 is 0 Å². The number of hydrogen-bond donors (Lipinski definition) is 0. The van der Waals surface area contributed by atoms with E-state index in [0.717, 1.165) is 12.0 Å². The summed E-state index contributed by atoms with van der Waals surface area (Å²) in [7, 11) is -3.82. The molecule has 0 heterocycles. The number of nitriles is 1. The number of hydrogen-bond acceptors (Lipinski definition) is 4. The second-order valence-corrected chi connectivity index (χ2v) is 7.27.